The average Bonchev–Trinajstić information content (AvgIpc) is 2.65. The Labute approximate surface area is 160 Å². The van der Waals surface area contributed by atoms with Crippen LogP contribution in [-0.4, -0.2) is 25.0 Å². The highest BCUT2D eigenvalue weighted by Crippen LogP contribution is 2.18. The van der Waals surface area contributed by atoms with Crippen molar-refractivity contribution < 1.29 is 14.3 Å². The zero-order valence-electron chi connectivity index (χ0n) is 16.0. The molecule has 0 saturated heterocycles. The van der Waals surface area contributed by atoms with Gasteiger partial charge in [0.2, 0.25) is 5.91 Å². The number of anilines is 1. The summed E-state index contributed by atoms with van der Waals surface area (Å²) in [6.45, 7) is 6.64. The van der Waals surface area contributed by atoms with Gasteiger partial charge in [-0.05, 0) is 42.2 Å². The molecule has 0 fully saturated rings. The van der Waals surface area contributed by atoms with Crippen molar-refractivity contribution >= 4 is 23.6 Å². The van der Waals surface area contributed by atoms with Crippen LogP contribution in [0.4, 0.5) is 5.69 Å². The molecule has 0 unspecified atom stereocenters. The molecule has 0 bridgehead atoms. The van der Waals surface area contributed by atoms with Gasteiger partial charge in [-0.1, -0.05) is 44.2 Å². The molecular weight excluding hydrogens is 340 g/mol. The van der Waals surface area contributed by atoms with Crippen LogP contribution in [0, 0.1) is 0 Å². The van der Waals surface area contributed by atoms with Gasteiger partial charge in [0.1, 0.15) is 5.75 Å². The summed E-state index contributed by atoms with van der Waals surface area (Å²) in [5.74, 6) is 0.586. The Morgan fingerprint density at radius 3 is 2.52 bits per heavy atom. The van der Waals surface area contributed by atoms with Gasteiger partial charge in [-0.15, -0.1) is 0 Å². The predicted octanol–water partition coefficient (Wildman–Crippen LogP) is 3.98. The Morgan fingerprint density at radius 1 is 1.11 bits per heavy atom. The lowest BCUT2D eigenvalue weighted by atomic mass is 10.0. The summed E-state index contributed by atoms with van der Waals surface area (Å²) in [7, 11) is 0. The van der Waals surface area contributed by atoms with E-state index in [1.807, 2.05) is 19.1 Å². The summed E-state index contributed by atoms with van der Waals surface area (Å²) >= 11 is 0. The quantitative estimate of drug-likeness (QED) is 0.695. The molecule has 5 heteroatoms. The van der Waals surface area contributed by atoms with Crippen LogP contribution < -0.4 is 15.4 Å². The van der Waals surface area contributed by atoms with Crippen LogP contribution in [0.25, 0.3) is 6.08 Å². The number of ether oxygens (including phenoxy) is 1. The number of hydrogen-bond donors (Lipinski definition) is 2. The molecule has 2 aromatic carbocycles. The van der Waals surface area contributed by atoms with Crippen LogP contribution in [0.15, 0.2) is 54.6 Å². The first-order valence-corrected chi connectivity index (χ1v) is 9.06. The third-order valence-corrected chi connectivity index (χ3v) is 3.88. The summed E-state index contributed by atoms with van der Waals surface area (Å²) in [5, 5.41) is 5.45. The second kappa shape index (κ2) is 10.2. The third-order valence-electron chi connectivity index (χ3n) is 3.88. The standard InChI is InChI=1S/C22H26N2O3/c1-4-23-22(26)15-27-20-7-5-6-19(14-20)24-21(25)13-10-17-8-11-18(12-9-17)16(2)3/h5-14,16H,4,15H2,1-3H3,(H,23,26)(H,24,25)/b13-10+. The van der Waals surface area contributed by atoms with Crippen molar-refractivity contribution in [2.75, 3.05) is 18.5 Å². The lowest BCUT2D eigenvalue weighted by Gasteiger charge is -2.08. The van der Waals surface area contributed by atoms with Gasteiger partial charge in [-0.25, -0.2) is 0 Å². The molecule has 5 nitrogen and oxygen atoms in total. The first-order chi connectivity index (χ1) is 13.0. The number of amides is 2. The molecule has 0 radical (unpaired) electrons. The molecule has 2 amide bonds. The second-order valence-electron chi connectivity index (χ2n) is 6.41. The molecule has 0 saturated carbocycles. The number of nitrogens with one attached hydrogen (secondary N) is 2. The van der Waals surface area contributed by atoms with Crippen LogP contribution in [0.1, 0.15) is 37.8 Å². The van der Waals surface area contributed by atoms with Crippen LogP contribution in [0.5, 0.6) is 5.75 Å². The van der Waals surface area contributed by atoms with E-state index in [9.17, 15) is 9.59 Å². The van der Waals surface area contributed by atoms with Gasteiger partial charge in [0.15, 0.2) is 6.61 Å². The Balaban J connectivity index is 1.91. The topological polar surface area (TPSA) is 67.4 Å². The lowest BCUT2D eigenvalue weighted by Crippen LogP contribution is -2.28. The zero-order chi connectivity index (χ0) is 19.6. The van der Waals surface area contributed by atoms with E-state index >= 15 is 0 Å². The largest absolute Gasteiger partial charge is 0.484 e. The van der Waals surface area contributed by atoms with Gasteiger partial charge in [-0.3, -0.25) is 9.59 Å². The van der Waals surface area contributed by atoms with E-state index in [1.165, 1.54) is 11.6 Å². The second-order valence-corrected chi connectivity index (χ2v) is 6.41. The molecule has 2 N–H and O–H groups in total. The van der Waals surface area contributed by atoms with Crippen molar-refractivity contribution in [2.45, 2.75) is 26.7 Å². The fourth-order valence-corrected chi connectivity index (χ4v) is 2.41. The smallest absolute Gasteiger partial charge is 0.257 e. The highest BCUT2D eigenvalue weighted by Gasteiger charge is 2.04. The fourth-order valence-electron chi connectivity index (χ4n) is 2.41. The third kappa shape index (κ3) is 6.98. The first kappa shape index (κ1) is 20.2. The number of likely N-dealkylation sites (N-methyl/N-ethyl adjacent to an activating group) is 1. The first-order valence-electron chi connectivity index (χ1n) is 9.06. The molecule has 0 spiro atoms. The van der Waals surface area contributed by atoms with Crippen molar-refractivity contribution in [2.24, 2.45) is 0 Å². The van der Waals surface area contributed by atoms with Gasteiger partial charge >= 0.3 is 0 Å². The van der Waals surface area contributed by atoms with Crippen LogP contribution in [0.3, 0.4) is 0 Å². The van der Waals surface area contributed by atoms with Crippen molar-refractivity contribution in [1.29, 1.82) is 0 Å². The monoisotopic (exact) mass is 366 g/mol. The lowest BCUT2D eigenvalue weighted by molar-refractivity contribution is -0.123. The van der Waals surface area contributed by atoms with Gasteiger partial charge in [0.25, 0.3) is 5.91 Å². The number of hydrogen-bond acceptors (Lipinski definition) is 3. The SMILES string of the molecule is CCNC(=O)COc1cccc(NC(=O)/C=C/c2ccc(C(C)C)cc2)c1. The van der Waals surface area contributed by atoms with E-state index in [1.54, 1.807) is 30.3 Å². The van der Waals surface area contributed by atoms with Gasteiger partial charge in [0.05, 0.1) is 0 Å². The number of rotatable bonds is 8. The van der Waals surface area contributed by atoms with E-state index in [2.05, 4.69) is 36.6 Å². The Hall–Kier alpha value is -3.08. The fraction of sp³-hybridized carbons (Fsp3) is 0.273. The van der Waals surface area contributed by atoms with Crippen LogP contribution in [-0.2, 0) is 9.59 Å². The predicted molar refractivity (Wildman–Crippen MR) is 109 cm³/mol. The minimum absolute atomic E-state index is 0.0580. The molecule has 0 aliphatic heterocycles. The molecule has 0 heterocycles. The van der Waals surface area contributed by atoms with E-state index < -0.39 is 0 Å². The summed E-state index contributed by atoms with van der Waals surface area (Å²) in [4.78, 5) is 23.6. The molecule has 0 aliphatic carbocycles. The summed E-state index contributed by atoms with van der Waals surface area (Å²) < 4.78 is 5.42. The normalized spacial score (nSPS) is 10.8. The maximum absolute atomic E-state index is 12.1. The van der Waals surface area contributed by atoms with Crippen molar-refractivity contribution in [3.05, 3.63) is 65.7 Å². The van der Waals surface area contributed by atoms with Crippen molar-refractivity contribution in [3.63, 3.8) is 0 Å². The van der Waals surface area contributed by atoms with Crippen LogP contribution >= 0.6 is 0 Å². The molecule has 0 atom stereocenters. The van der Waals surface area contributed by atoms with Gasteiger partial charge in [0, 0.05) is 24.4 Å². The minimum atomic E-state index is -0.233. The van der Waals surface area contributed by atoms with Gasteiger partial charge < -0.3 is 15.4 Å². The summed E-state index contributed by atoms with van der Waals surface area (Å²) in [5.41, 5.74) is 2.84. The summed E-state index contributed by atoms with van der Waals surface area (Å²) in [6, 6.07) is 15.1. The van der Waals surface area contributed by atoms with Crippen molar-refractivity contribution in [1.82, 2.24) is 5.32 Å². The maximum Gasteiger partial charge on any atom is 0.257 e. The number of benzene rings is 2. The molecule has 142 valence electrons. The van der Waals surface area contributed by atoms with Crippen LogP contribution in [0.2, 0.25) is 0 Å². The number of carbonyl (C=O) groups excluding carboxylic acids is 2. The molecule has 0 aliphatic rings. The molecule has 2 rings (SSSR count). The molecule has 27 heavy (non-hydrogen) atoms. The Morgan fingerprint density at radius 2 is 1.85 bits per heavy atom. The zero-order valence-corrected chi connectivity index (χ0v) is 16.0. The minimum Gasteiger partial charge on any atom is -0.484 e. The van der Waals surface area contributed by atoms with E-state index in [-0.39, 0.29) is 18.4 Å². The maximum atomic E-state index is 12.1. The van der Waals surface area contributed by atoms with E-state index in [4.69, 9.17) is 4.74 Å². The van der Waals surface area contributed by atoms with Gasteiger partial charge in [-0.2, -0.15) is 0 Å². The summed E-state index contributed by atoms with van der Waals surface area (Å²) in [6.07, 6.45) is 3.27. The Bertz CT molecular complexity index is 795. The van der Waals surface area contributed by atoms with Crippen molar-refractivity contribution in [3.8, 4) is 5.75 Å². The molecular formula is C22H26N2O3. The van der Waals surface area contributed by atoms with E-state index in [0.29, 0.717) is 23.9 Å². The number of carbonyl (C=O) groups is 2. The average molecular weight is 366 g/mol. The molecule has 0 aromatic heterocycles. The highest BCUT2D eigenvalue weighted by molar-refractivity contribution is 6.02. The highest BCUT2D eigenvalue weighted by atomic mass is 16.5. The van der Waals surface area contributed by atoms with E-state index in [0.717, 1.165) is 5.56 Å². The Kier molecular flexibility index (Phi) is 7.62. The molecule has 2 aromatic rings.